The van der Waals surface area contributed by atoms with E-state index in [0.717, 1.165) is 12.0 Å². The van der Waals surface area contributed by atoms with Gasteiger partial charge in [0, 0.05) is 0 Å². The predicted octanol–water partition coefficient (Wildman–Crippen LogP) is 5.28. The lowest BCUT2D eigenvalue weighted by atomic mass is 10.2. The summed E-state index contributed by atoms with van der Waals surface area (Å²) >= 11 is 0. The zero-order valence-corrected chi connectivity index (χ0v) is 12.1. The van der Waals surface area contributed by atoms with Crippen LogP contribution in [-0.2, 0) is 0 Å². The molecular formula is C18H24O. The van der Waals surface area contributed by atoms with E-state index in [1.54, 1.807) is 12.1 Å². The zero-order valence-electron chi connectivity index (χ0n) is 12.1. The van der Waals surface area contributed by atoms with Crippen LogP contribution in [0, 0.1) is 13.8 Å². The number of phenolic OH excluding ortho intramolecular Hbond substituents is 1. The van der Waals surface area contributed by atoms with Crippen molar-refractivity contribution in [1.29, 1.82) is 0 Å². The average molecular weight is 256 g/mol. The number of allylic oxidation sites excluding steroid dienone is 1. The third-order valence-corrected chi connectivity index (χ3v) is 2.23. The van der Waals surface area contributed by atoms with Crippen LogP contribution in [0.25, 0.3) is 0 Å². The smallest absolute Gasteiger partial charge is 0.115 e. The van der Waals surface area contributed by atoms with Crippen LogP contribution in [0.5, 0.6) is 5.75 Å². The fourth-order valence-electron chi connectivity index (χ4n) is 1.16. The van der Waals surface area contributed by atoms with Gasteiger partial charge in [0.15, 0.2) is 0 Å². The van der Waals surface area contributed by atoms with Gasteiger partial charge in [0.2, 0.25) is 0 Å². The third-order valence-electron chi connectivity index (χ3n) is 2.23. The van der Waals surface area contributed by atoms with E-state index >= 15 is 0 Å². The number of aromatic hydroxyl groups is 1. The molecule has 1 heteroatoms. The molecule has 102 valence electrons. The van der Waals surface area contributed by atoms with Crippen molar-refractivity contribution in [2.24, 2.45) is 0 Å². The molecule has 0 spiro atoms. The molecule has 19 heavy (non-hydrogen) atoms. The van der Waals surface area contributed by atoms with Crippen molar-refractivity contribution in [3.8, 4) is 5.75 Å². The number of rotatable bonds is 1. The Bertz CT molecular complexity index is 429. The monoisotopic (exact) mass is 256 g/mol. The van der Waals surface area contributed by atoms with Crippen molar-refractivity contribution in [2.75, 3.05) is 0 Å². The van der Waals surface area contributed by atoms with E-state index in [2.05, 4.69) is 32.6 Å². The summed E-state index contributed by atoms with van der Waals surface area (Å²) in [7, 11) is 0. The van der Waals surface area contributed by atoms with Gasteiger partial charge < -0.3 is 5.11 Å². The van der Waals surface area contributed by atoms with E-state index in [0.29, 0.717) is 5.75 Å². The fourth-order valence-corrected chi connectivity index (χ4v) is 1.16. The lowest BCUT2D eigenvalue weighted by Crippen LogP contribution is -1.66. The number of phenols is 1. The first kappa shape index (κ1) is 17.0. The van der Waals surface area contributed by atoms with Gasteiger partial charge in [0.1, 0.15) is 5.75 Å². The van der Waals surface area contributed by atoms with Crippen molar-refractivity contribution in [3.05, 3.63) is 78.4 Å². The van der Waals surface area contributed by atoms with E-state index in [1.807, 2.05) is 43.3 Å². The summed E-state index contributed by atoms with van der Waals surface area (Å²) in [6.45, 7) is 9.57. The quantitative estimate of drug-likeness (QED) is 0.688. The van der Waals surface area contributed by atoms with Crippen LogP contribution in [0.2, 0.25) is 0 Å². The van der Waals surface area contributed by atoms with Crippen LogP contribution in [0.15, 0.2) is 67.3 Å². The Morgan fingerprint density at radius 3 is 1.74 bits per heavy atom. The zero-order chi connectivity index (χ0) is 14.5. The molecule has 0 aromatic heterocycles. The van der Waals surface area contributed by atoms with Gasteiger partial charge in [-0.3, -0.25) is 0 Å². The Morgan fingerprint density at radius 1 is 0.947 bits per heavy atom. The number of aryl methyl sites for hydroxylation is 2. The molecule has 0 amide bonds. The van der Waals surface area contributed by atoms with Crippen LogP contribution < -0.4 is 0 Å². The summed E-state index contributed by atoms with van der Waals surface area (Å²) in [6.07, 6.45) is 2.96. The molecule has 2 rings (SSSR count). The Balaban J connectivity index is 0.000000272. The molecule has 2 aromatic rings. The van der Waals surface area contributed by atoms with Crippen molar-refractivity contribution in [1.82, 2.24) is 0 Å². The minimum absolute atomic E-state index is 0.338. The number of benzene rings is 2. The Hall–Kier alpha value is -2.02. The highest BCUT2D eigenvalue weighted by Gasteiger charge is 1.83. The molecule has 0 unspecified atom stereocenters. The van der Waals surface area contributed by atoms with E-state index in [-0.39, 0.29) is 0 Å². The van der Waals surface area contributed by atoms with Crippen LogP contribution in [0.3, 0.4) is 0 Å². The first-order chi connectivity index (χ1) is 9.10. The second-order valence-electron chi connectivity index (χ2n) is 4.19. The summed E-state index contributed by atoms with van der Waals surface area (Å²) in [5, 5.41) is 8.81. The van der Waals surface area contributed by atoms with Gasteiger partial charge in [0.05, 0.1) is 0 Å². The number of hydrogen-bond donors (Lipinski definition) is 1. The minimum atomic E-state index is 0.338. The molecule has 0 bridgehead atoms. The predicted molar refractivity (Wildman–Crippen MR) is 84.5 cm³/mol. The number of hydrogen-bond acceptors (Lipinski definition) is 1. The summed E-state index contributed by atoms with van der Waals surface area (Å²) < 4.78 is 0. The minimum Gasteiger partial charge on any atom is -0.508 e. The maximum Gasteiger partial charge on any atom is 0.115 e. The molecule has 0 heterocycles. The molecular weight excluding hydrogens is 232 g/mol. The van der Waals surface area contributed by atoms with Crippen LogP contribution >= 0.6 is 0 Å². The lowest BCUT2D eigenvalue weighted by molar-refractivity contribution is 0.475. The van der Waals surface area contributed by atoms with Crippen molar-refractivity contribution in [3.63, 3.8) is 0 Å². The van der Waals surface area contributed by atoms with E-state index in [1.165, 1.54) is 5.56 Å². The largest absolute Gasteiger partial charge is 0.508 e. The van der Waals surface area contributed by atoms with Gasteiger partial charge in [-0.15, -0.1) is 6.58 Å². The molecule has 2 aromatic carbocycles. The van der Waals surface area contributed by atoms with Gasteiger partial charge in [-0.25, -0.2) is 0 Å². The first-order valence-corrected chi connectivity index (χ1v) is 6.48. The fraction of sp³-hybridized carbons (Fsp3) is 0.222. The molecule has 0 saturated heterocycles. The molecule has 1 N–H and O–H groups in total. The van der Waals surface area contributed by atoms with E-state index in [9.17, 15) is 0 Å². The summed E-state index contributed by atoms with van der Waals surface area (Å²) in [5.41, 5.74) is 2.41. The van der Waals surface area contributed by atoms with Gasteiger partial charge in [-0.2, -0.15) is 0 Å². The molecule has 0 atom stereocenters. The Labute approximate surface area is 117 Å². The highest BCUT2D eigenvalue weighted by Crippen LogP contribution is 2.08. The highest BCUT2D eigenvalue weighted by molar-refractivity contribution is 5.25. The van der Waals surface area contributed by atoms with Gasteiger partial charge in [-0.05, 0) is 38.0 Å². The summed E-state index contributed by atoms with van der Waals surface area (Å²) in [4.78, 5) is 0. The molecule has 0 aliphatic rings. The van der Waals surface area contributed by atoms with Crippen molar-refractivity contribution >= 4 is 0 Å². The lowest BCUT2D eigenvalue weighted by Gasteiger charge is -1.89. The third kappa shape index (κ3) is 10.8. The maximum absolute atomic E-state index is 8.81. The Kier molecular flexibility index (Phi) is 9.91. The van der Waals surface area contributed by atoms with Crippen molar-refractivity contribution < 1.29 is 5.11 Å². The highest BCUT2D eigenvalue weighted by atomic mass is 16.3. The standard InChI is InChI=1S/C7H8O.C7H8.C4H8/c1-6-3-2-4-7(8)5-6;1-7-5-3-2-4-6-7;1-3-4-2/h2-5,8H,1H3;2-6H,1H3;3H,1,4H2,2H3. The average Bonchev–Trinajstić information content (AvgIpc) is 2.40. The van der Waals surface area contributed by atoms with E-state index in [4.69, 9.17) is 5.11 Å². The van der Waals surface area contributed by atoms with Gasteiger partial charge >= 0.3 is 0 Å². The van der Waals surface area contributed by atoms with Crippen LogP contribution in [0.4, 0.5) is 0 Å². The molecule has 1 nitrogen and oxygen atoms in total. The first-order valence-electron chi connectivity index (χ1n) is 6.48. The maximum atomic E-state index is 8.81. The van der Waals surface area contributed by atoms with Gasteiger partial charge in [-0.1, -0.05) is 61.0 Å². The summed E-state index contributed by atoms with van der Waals surface area (Å²) in [6, 6.07) is 17.4. The second kappa shape index (κ2) is 11.1. The molecule has 0 aliphatic heterocycles. The molecule has 0 radical (unpaired) electrons. The Morgan fingerprint density at radius 2 is 1.47 bits per heavy atom. The van der Waals surface area contributed by atoms with Gasteiger partial charge in [0.25, 0.3) is 0 Å². The SMILES string of the molecule is C=CCC.Cc1cccc(O)c1.Cc1ccccc1. The van der Waals surface area contributed by atoms with Crippen molar-refractivity contribution in [2.45, 2.75) is 27.2 Å². The van der Waals surface area contributed by atoms with E-state index < -0.39 is 0 Å². The topological polar surface area (TPSA) is 20.2 Å². The summed E-state index contributed by atoms with van der Waals surface area (Å²) in [5.74, 6) is 0.338. The molecule has 0 aliphatic carbocycles. The molecule has 0 saturated carbocycles. The molecule has 0 fully saturated rings. The second-order valence-corrected chi connectivity index (χ2v) is 4.19. The van der Waals surface area contributed by atoms with Crippen LogP contribution in [0.1, 0.15) is 24.5 Å². The van der Waals surface area contributed by atoms with Crippen LogP contribution in [-0.4, -0.2) is 5.11 Å². The normalized spacial score (nSPS) is 8.37.